The summed E-state index contributed by atoms with van der Waals surface area (Å²) < 4.78 is 26.2. The van der Waals surface area contributed by atoms with Crippen molar-refractivity contribution in [3.8, 4) is 0 Å². The molecule has 0 spiro atoms. The fourth-order valence-electron chi connectivity index (χ4n) is 2.55. The van der Waals surface area contributed by atoms with Gasteiger partial charge in [0.15, 0.2) is 5.78 Å². The number of sulfonamides is 1. The van der Waals surface area contributed by atoms with Gasteiger partial charge in [0.2, 0.25) is 10.0 Å². The Morgan fingerprint density at radius 3 is 2.59 bits per heavy atom. The smallest absolute Gasteiger partial charge is 0.239 e. The van der Waals surface area contributed by atoms with Gasteiger partial charge in [-0.15, -0.1) is 0 Å². The lowest BCUT2D eigenvalue weighted by Gasteiger charge is -2.18. The lowest BCUT2D eigenvalue weighted by molar-refractivity contribution is 0.104. The van der Waals surface area contributed by atoms with Gasteiger partial charge in [-0.1, -0.05) is 49.0 Å². The number of carbonyl (C=O) groups excluding carboxylic acids is 1. The summed E-state index contributed by atoms with van der Waals surface area (Å²) in [4.78, 5) is 11.8. The molecule has 2 aromatic rings. The number of allylic oxidation sites excluding steroid dienone is 1. The zero-order valence-corrected chi connectivity index (χ0v) is 12.7. The van der Waals surface area contributed by atoms with E-state index in [1.165, 1.54) is 10.4 Å². The maximum absolute atomic E-state index is 12.4. The van der Waals surface area contributed by atoms with Crippen molar-refractivity contribution in [2.75, 3.05) is 4.31 Å². The highest BCUT2D eigenvalue weighted by atomic mass is 32.2. The van der Waals surface area contributed by atoms with Crippen LogP contribution in [0.25, 0.3) is 0 Å². The van der Waals surface area contributed by atoms with Crippen LogP contribution in [0.4, 0.5) is 5.69 Å². The number of anilines is 1. The molecule has 0 aliphatic carbocycles. The van der Waals surface area contributed by atoms with Crippen LogP contribution in [0, 0.1) is 0 Å². The first-order valence-corrected chi connectivity index (χ1v) is 8.46. The predicted octanol–water partition coefficient (Wildman–Crippen LogP) is 2.91. The molecule has 5 heteroatoms. The van der Waals surface area contributed by atoms with Gasteiger partial charge in [0.25, 0.3) is 0 Å². The Morgan fingerprint density at radius 1 is 1.18 bits per heavy atom. The van der Waals surface area contributed by atoms with Crippen molar-refractivity contribution in [1.82, 2.24) is 0 Å². The number of hydrogen-bond donors (Lipinski definition) is 0. The van der Waals surface area contributed by atoms with Gasteiger partial charge in [0, 0.05) is 5.56 Å². The molecular formula is C17H15NO3S. The Bertz CT molecular complexity index is 841. The standard InChI is InChI=1S/C17H15NO3S/c1-2-17(19)14-8-9-15-12-22(20,21)18(16(15)10-14)11-13-6-4-3-5-7-13/h2-10H,1,11-12H2. The van der Waals surface area contributed by atoms with Gasteiger partial charge < -0.3 is 0 Å². The van der Waals surface area contributed by atoms with Crippen LogP contribution in [0.2, 0.25) is 0 Å². The van der Waals surface area contributed by atoms with Gasteiger partial charge in [-0.05, 0) is 23.3 Å². The fourth-order valence-corrected chi connectivity index (χ4v) is 4.15. The van der Waals surface area contributed by atoms with Gasteiger partial charge >= 0.3 is 0 Å². The predicted molar refractivity (Wildman–Crippen MR) is 86.2 cm³/mol. The fraction of sp³-hybridized carbons (Fsp3) is 0.118. The van der Waals surface area contributed by atoms with Crippen LogP contribution in [-0.2, 0) is 22.3 Å². The number of nitrogens with zero attached hydrogens (tertiary/aromatic N) is 1. The van der Waals surface area contributed by atoms with Crippen molar-refractivity contribution in [3.63, 3.8) is 0 Å². The van der Waals surface area contributed by atoms with Gasteiger partial charge in [-0.2, -0.15) is 0 Å². The van der Waals surface area contributed by atoms with E-state index < -0.39 is 10.0 Å². The zero-order valence-electron chi connectivity index (χ0n) is 11.9. The van der Waals surface area contributed by atoms with Crippen molar-refractivity contribution in [2.24, 2.45) is 0 Å². The number of ketones is 1. The molecule has 2 aromatic carbocycles. The third kappa shape index (κ3) is 2.55. The summed E-state index contributed by atoms with van der Waals surface area (Å²) in [6.07, 6.45) is 1.23. The lowest BCUT2D eigenvalue weighted by Crippen LogP contribution is -2.26. The molecule has 0 fully saturated rings. The minimum absolute atomic E-state index is 0.0300. The summed E-state index contributed by atoms with van der Waals surface area (Å²) in [5.74, 6) is -0.246. The average molecular weight is 313 g/mol. The minimum Gasteiger partial charge on any atom is -0.289 e. The molecule has 1 heterocycles. The lowest BCUT2D eigenvalue weighted by atomic mass is 10.1. The molecule has 0 aromatic heterocycles. The molecule has 3 rings (SSSR count). The average Bonchev–Trinajstić information content (AvgIpc) is 2.77. The van der Waals surface area contributed by atoms with Crippen LogP contribution in [0.3, 0.4) is 0 Å². The molecule has 0 saturated carbocycles. The number of carbonyl (C=O) groups is 1. The van der Waals surface area contributed by atoms with E-state index in [2.05, 4.69) is 6.58 Å². The molecule has 1 aliphatic rings. The third-order valence-electron chi connectivity index (χ3n) is 3.67. The number of fused-ring (bicyclic) bond motifs is 1. The number of benzene rings is 2. The molecule has 1 aliphatic heterocycles. The van der Waals surface area contributed by atoms with Gasteiger partial charge in [0.05, 0.1) is 18.0 Å². The monoisotopic (exact) mass is 313 g/mol. The van der Waals surface area contributed by atoms with E-state index in [9.17, 15) is 13.2 Å². The highest BCUT2D eigenvalue weighted by Gasteiger charge is 2.33. The SMILES string of the molecule is C=CC(=O)c1ccc2c(c1)N(Cc1ccccc1)S(=O)(=O)C2. The Kier molecular flexibility index (Phi) is 3.58. The topological polar surface area (TPSA) is 54.5 Å². The van der Waals surface area contributed by atoms with Crippen molar-refractivity contribution in [3.05, 3.63) is 77.9 Å². The van der Waals surface area contributed by atoms with Gasteiger partial charge in [-0.3, -0.25) is 9.10 Å². The van der Waals surface area contributed by atoms with Gasteiger partial charge in [-0.25, -0.2) is 8.42 Å². The summed E-state index contributed by atoms with van der Waals surface area (Å²) in [5.41, 5.74) is 2.65. The summed E-state index contributed by atoms with van der Waals surface area (Å²) in [5, 5.41) is 0. The van der Waals surface area contributed by atoms with E-state index in [4.69, 9.17) is 0 Å². The maximum atomic E-state index is 12.4. The molecule has 4 nitrogen and oxygen atoms in total. The van der Waals surface area contributed by atoms with Crippen LogP contribution in [0.1, 0.15) is 21.5 Å². The third-order valence-corrected chi connectivity index (χ3v) is 5.34. The van der Waals surface area contributed by atoms with Gasteiger partial charge in [0.1, 0.15) is 0 Å². The van der Waals surface area contributed by atoms with Crippen LogP contribution < -0.4 is 4.31 Å². The Balaban J connectivity index is 2.04. The zero-order chi connectivity index (χ0) is 15.7. The summed E-state index contributed by atoms with van der Waals surface area (Å²) in [7, 11) is -3.40. The van der Waals surface area contributed by atoms with Crippen LogP contribution in [0.15, 0.2) is 61.2 Å². The first-order valence-electron chi connectivity index (χ1n) is 6.85. The molecule has 0 N–H and O–H groups in total. The quantitative estimate of drug-likeness (QED) is 0.644. The summed E-state index contributed by atoms with van der Waals surface area (Å²) in [6.45, 7) is 3.73. The molecule has 0 bridgehead atoms. The second-order valence-corrected chi connectivity index (χ2v) is 7.05. The normalized spacial score (nSPS) is 15.4. The van der Waals surface area contributed by atoms with Crippen molar-refractivity contribution in [2.45, 2.75) is 12.3 Å². The van der Waals surface area contributed by atoms with Crippen LogP contribution >= 0.6 is 0 Å². The molecule has 0 amide bonds. The Hall–Kier alpha value is -2.40. The van der Waals surface area contributed by atoms with Crippen LogP contribution in [0.5, 0.6) is 0 Å². The van der Waals surface area contributed by atoms with Crippen LogP contribution in [-0.4, -0.2) is 14.2 Å². The highest BCUT2D eigenvalue weighted by Crippen LogP contribution is 2.35. The summed E-state index contributed by atoms with van der Waals surface area (Å²) >= 11 is 0. The molecule has 112 valence electrons. The Morgan fingerprint density at radius 2 is 1.91 bits per heavy atom. The minimum atomic E-state index is -3.40. The second-order valence-electron chi connectivity index (χ2n) is 5.16. The number of rotatable bonds is 4. The largest absolute Gasteiger partial charge is 0.289 e. The van der Waals surface area contributed by atoms with E-state index >= 15 is 0 Å². The molecule has 0 radical (unpaired) electrons. The molecule has 22 heavy (non-hydrogen) atoms. The van der Waals surface area contributed by atoms with E-state index in [1.807, 2.05) is 30.3 Å². The maximum Gasteiger partial charge on any atom is 0.239 e. The Labute approximate surface area is 129 Å². The molecular weight excluding hydrogens is 298 g/mol. The van der Waals surface area contributed by atoms with E-state index in [-0.39, 0.29) is 18.1 Å². The van der Waals surface area contributed by atoms with E-state index in [1.54, 1.807) is 18.2 Å². The molecule has 0 saturated heterocycles. The first-order chi connectivity index (χ1) is 10.5. The van der Waals surface area contributed by atoms with Crippen molar-refractivity contribution < 1.29 is 13.2 Å². The summed E-state index contributed by atoms with van der Waals surface area (Å²) in [6, 6.07) is 14.4. The van der Waals surface area contributed by atoms with Crippen molar-refractivity contribution >= 4 is 21.5 Å². The first kappa shape index (κ1) is 14.5. The van der Waals surface area contributed by atoms with E-state index in [0.29, 0.717) is 11.3 Å². The highest BCUT2D eigenvalue weighted by molar-refractivity contribution is 7.92. The second kappa shape index (κ2) is 5.42. The van der Waals surface area contributed by atoms with Crippen molar-refractivity contribution in [1.29, 1.82) is 0 Å². The number of hydrogen-bond acceptors (Lipinski definition) is 3. The van der Waals surface area contributed by atoms with E-state index in [0.717, 1.165) is 11.1 Å². The molecule has 0 atom stereocenters. The molecule has 0 unspecified atom stereocenters.